The number of benzene rings is 1. The molecule has 0 aliphatic carbocycles. The van der Waals surface area contributed by atoms with Crippen LogP contribution >= 0.6 is 0 Å². The highest BCUT2D eigenvalue weighted by atomic mass is 16.5. The second kappa shape index (κ2) is 18.4. The van der Waals surface area contributed by atoms with Gasteiger partial charge in [0.15, 0.2) is 0 Å². The van der Waals surface area contributed by atoms with Crippen LogP contribution in [0.25, 0.3) is 0 Å². The van der Waals surface area contributed by atoms with Gasteiger partial charge in [0.05, 0.1) is 21.5 Å². The van der Waals surface area contributed by atoms with E-state index in [1.165, 1.54) is 18.4 Å². The highest BCUT2D eigenvalue weighted by Gasteiger charge is 2.05. The van der Waals surface area contributed by atoms with Crippen LogP contribution in [0.15, 0.2) is 24.3 Å². The summed E-state index contributed by atoms with van der Waals surface area (Å²) in [6, 6.07) is 8.13. The number of rotatable bonds is 19. The Morgan fingerprint density at radius 2 is 1.34 bits per heavy atom. The van der Waals surface area contributed by atoms with Crippen molar-refractivity contribution in [2.45, 2.75) is 58.3 Å². The Labute approximate surface area is 187 Å². The minimum absolute atomic E-state index is 0.213. The molecule has 0 spiro atoms. The zero-order valence-corrected chi connectivity index (χ0v) is 18.3. The molecule has 1 rings (SSSR count). The highest BCUT2D eigenvalue weighted by Crippen LogP contribution is 2.11. The van der Waals surface area contributed by atoms with E-state index in [9.17, 15) is 5.11 Å². The van der Waals surface area contributed by atoms with Crippen molar-refractivity contribution in [3.8, 4) is 5.75 Å². The predicted octanol–water partition coefficient (Wildman–Crippen LogP) is 0.468. The smallest absolute Gasteiger partial charge is 0.118 e. The van der Waals surface area contributed by atoms with Gasteiger partial charge in [-0.15, -0.1) is 0 Å². The molecule has 0 amide bonds. The summed E-state index contributed by atoms with van der Waals surface area (Å²) < 4.78 is 5.16. The van der Waals surface area contributed by atoms with Crippen molar-refractivity contribution in [2.75, 3.05) is 7.11 Å². The number of methoxy groups -OCH3 is 1. The Bertz CT molecular complexity index is 492. The molecule has 0 saturated heterocycles. The van der Waals surface area contributed by atoms with Crippen molar-refractivity contribution in [2.24, 2.45) is 5.92 Å². The molecule has 0 saturated carbocycles. The lowest BCUT2D eigenvalue weighted by Gasteiger charge is -2.10. The Hall–Kier alpha value is -0.371. The minimum atomic E-state index is -0.213. The predicted molar refractivity (Wildman–Crippen MR) is 138 cm³/mol. The molecule has 0 aromatic heterocycles. The third-order valence-electron chi connectivity index (χ3n) is 4.54. The summed E-state index contributed by atoms with van der Waals surface area (Å²) in [5.41, 5.74) is 1.27. The van der Waals surface area contributed by atoms with Gasteiger partial charge in [0.25, 0.3) is 0 Å². The number of hydrogen-bond donors (Lipinski definition) is 1. The van der Waals surface area contributed by atoms with Crippen molar-refractivity contribution in [1.82, 2.24) is 0 Å². The lowest BCUT2D eigenvalue weighted by Crippen LogP contribution is -2.33. The van der Waals surface area contributed by atoms with Crippen LogP contribution in [-0.2, 0) is 6.32 Å². The lowest BCUT2D eigenvalue weighted by molar-refractivity contribution is 0.180. The lowest BCUT2D eigenvalue weighted by atomic mass is 8.88. The summed E-state index contributed by atoms with van der Waals surface area (Å²) in [4.78, 5) is 0. The third-order valence-corrected chi connectivity index (χ3v) is 4.54. The standard InChI is InChI=1S/C17H28B10O2/c1-14(2)6-4-5-7-16(28)13-19-21-23-25-27-26-24-22-20-18-12-15-8-10-17(29-3)11-9-15/h8-11,14,16,28H,4-7,12-13H2,1-3H3. The summed E-state index contributed by atoms with van der Waals surface area (Å²) in [6.07, 6.45) is 5.91. The zero-order chi connectivity index (χ0) is 21.2. The quantitative estimate of drug-likeness (QED) is 0.283. The van der Waals surface area contributed by atoms with Gasteiger partial charge < -0.3 is 9.84 Å². The van der Waals surface area contributed by atoms with E-state index in [0.29, 0.717) is 0 Å². The molecule has 29 heavy (non-hydrogen) atoms. The van der Waals surface area contributed by atoms with E-state index >= 15 is 0 Å². The second-order valence-corrected chi connectivity index (χ2v) is 7.63. The molecule has 1 N–H and O–H groups in total. The fraction of sp³-hybridized carbons (Fsp3) is 0.647. The van der Waals surface area contributed by atoms with Crippen LogP contribution in [0.5, 0.6) is 5.75 Å². The van der Waals surface area contributed by atoms with E-state index in [-0.39, 0.29) is 6.10 Å². The molecule has 0 heterocycles. The second-order valence-electron chi connectivity index (χ2n) is 7.63. The van der Waals surface area contributed by atoms with Crippen molar-refractivity contribution < 1.29 is 9.84 Å². The molecule has 138 valence electrons. The van der Waals surface area contributed by atoms with Crippen LogP contribution in [0.1, 0.15) is 45.1 Å². The first kappa shape index (κ1) is 26.7. The largest absolute Gasteiger partial charge is 0.497 e. The van der Waals surface area contributed by atoms with Crippen LogP contribution in [0, 0.1) is 5.92 Å². The maximum Gasteiger partial charge on any atom is 0.118 e. The van der Waals surface area contributed by atoms with Crippen LogP contribution in [-0.4, -0.2) is 89.1 Å². The molecule has 2 nitrogen and oxygen atoms in total. The molecule has 1 aromatic carbocycles. The zero-order valence-electron chi connectivity index (χ0n) is 18.3. The average Bonchev–Trinajstić information content (AvgIpc) is 2.72. The maximum atomic E-state index is 9.94. The fourth-order valence-corrected chi connectivity index (χ4v) is 2.79. The Morgan fingerprint density at radius 3 is 1.93 bits per heavy atom. The van der Waals surface area contributed by atoms with Gasteiger partial charge in [-0.2, -0.15) is 0 Å². The van der Waals surface area contributed by atoms with Gasteiger partial charge in [0.2, 0.25) is 0 Å². The average molecular weight is 373 g/mol. The summed E-state index contributed by atoms with van der Waals surface area (Å²) >= 11 is 0. The molecule has 0 aliphatic rings. The van der Waals surface area contributed by atoms with E-state index in [1.807, 2.05) is 68.7 Å². The molecule has 10 radical (unpaired) electrons. The van der Waals surface area contributed by atoms with Gasteiger partial charge in [-0.05, 0) is 24.5 Å². The van der Waals surface area contributed by atoms with Crippen molar-refractivity contribution in [3.63, 3.8) is 0 Å². The first-order valence-electron chi connectivity index (χ1n) is 10.7. The summed E-state index contributed by atoms with van der Waals surface area (Å²) in [5, 5.41) is 9.94. The summed E-state index contributed by atoms with van der Waals surface area (Å²) in [6.45, 7) is 4.49. The Balaban J connectivity index is 1.80. The van der Waals surface area contributed by atoms with E-state index in [1.54, 1.807) is 7.11 Å². The number of aliphatic hydroxyl groups excluding tert-OH is 1. The molecular formula is C17H28B10O2. The van der Waals surface area contributed by atoms with Crippen LogP contribution < -0.4 is 4.74 Å². The van der Waals surface area contributed by atoms with Crippen LogP contribution in [0.3, 0.4) is 0 Å². The molecule has 0 aliphatic heterocycles. The van der Waals surface area contributed by atoms with E-state index in [0.717, 1.165) is 37.1 Å². The summed E-state index contributed by atoms with van der Waals surface area (Å²) in [7, 11) is 22.0. The van der Waals surface area contributed by atoms with Gasteiger partial charge in [-0.25, -0.2) is 0 Å². The molecule has 1 aromatic rings. The van der Waals surface area contributed by atoms with Crippen molar-refractivity contribution in [3.05, 3.63) is 29.8 Å². The molecule has 0 fully saturated rings. The molecule has 12 heteroatoms. The topological polar surface area (TPSA) is 29.5 Å². The van der Waals surface area contributed by atoms with Crippen molar-refractivity contribution >= 4 is 70.8 Å². The van der Waals surface area contributed by atoms with Crippen LogP contribution in [0.4, 0.5) is 0 Å². The normalized spacial score (nSPS) is 11.1. The first-order chi connectivity index (χ1) is 14.1. The van der Waals surface area contributed by atoms with Gasteiger partial charge >= 0.3 is 0 Å². The monoisotopic (exact) mass is 374 g/mol. The van der Waals surface area contributed by atoms with E-state index in [2.05, 4.69) is 40.2 Å². The molecule has 1 atom stereocenters. The van der Waals surface area contributed by atoms with Gasteiger partial charge in [-0.1, -0.05) is 63.4 Å². The maximum absolute atomic E-state index is 9.94. The van der Waals surface area contributed by atoms with E-state index < -0.39 is 0 Å². The minimum Gasteiger partial charge on any atom is -0.497 e. The van der Waals surface area contributed by atoms with E-state index in [4.69, 9.17) is 4.74 Å². The number of unbranched alkanes of at least 4 members (excludes halogenated alkanes) is 1. The van der Waals surface area contributed by atoms with Gasteiger partial charge in [-0.3, -0.25) is 0 Å². The van der Waals surface area contributed by atoms with Gasteiger partial charge in [0.1, 0.15) is 5.75 Å². The Kier molecular flexibility index (Phi) is 16.9. The SMILES string of the molecule is COc1ccc(C[B][B][B][B][B][B][B][B][B][B]CC(O)CCCCC(C)C)cc1. The first-order valence-corrected chi connectivity index (χ1v) is 10.7. The summed E-state index contributed by atoms with van der Waals surface area (Å²) in [5.74, 6) is 1.65. The highest BCUT2D eigenvalue weighted by molar-refractivity contribution is 7.69. The Morgan fingerprint density at radius 1 is 0.793 bits per heavy atom. The van der Waals surface area contributed by atoms with Gasteiger partial charge in [0, 0.05) is 62.6 Å². The fourth-order valence-electron chi connectivity index (χ4n) is 2.79. The number of hydrogen-bond acceptors (Lipinski definition) is 2. The number of ether oxygens (including phenoxy) is 1. The molecule has 1 unspecified atom stereocenters. The third kappa shape index (κ3) is 16.0. The van der Waals surface area contributed by atoms with Crippen molar-refractivity contribution in [1.29, 1.82) is 0 Å². The molecular weight excluding hydrogens is 344 g/mol. The molecule has 0 bridgehead atoms. The number of aliphatic hydroxyl groups is 1. The van der Waals surface area contributed by atoms with Crippen LogP contribution in [0.2, 0.25) is 6.32 Å².